The van der Waals surface area contributed by atoms with Crippen LogP contribution >= 0.6 is 0 Å². The third-order valence-electron chi connectivity index (χ3n) is 6.18. The van der Waals surface area contributed by atoms with Gasteiger partial charge in [0.05, 0.1) is 0 Å². The van der Waals surface area contributed by atoms with E-state index in [0.29, 0.717) is 11.8 Å². The predicted molar refractivity (Wildman–Crippen MR) is 85.8 cm³/mol. The summed E-state index contributed by atoms with van der Waals surface area (Å²) >= 11 is 0. The van der Waals surface area contributed by atoms with E-state index in [1.54, 1.807) is 0 Å². The van der Waals surface area contributed by atoms with Gasteiger partial charge in [0, 0.05) is 13.1 Å². The number of rotatable bonds is 6. The number of hydrogen-bond acceptors (Lipinski definition) is 2. The molecule has 0 aromatic carbocycles. The predicted octanol–water partition coefficient (Wildman–Crippen LogP) is 1.89. The molecule has 0 spiro atoms. The summed E-state index contributed by atoms with van der Waals surface area (Å²) in [5.74, 6) is 4.38. The molecule has 6 atom stereocenters. The average Bonchev–Trinajstić information content (AvgIpc) is 3.20. The zero-order chi connectivity index (χ0) is 15.7. The Morgan fingerprint density at radius 2 is 1.50 bits per heavy atom. The highest BCUT2D eigenvalue weighted by Gasteiger charge is 2.55. The lowest BCUT2D eigenvalue weighted by Crippen LogP contribution is -2.34. The molecular weight excluding hydrogens is 276 g/mol. The van der Waals surface area contributed by atoms with Crippen molar-refractivity contribution in [1.29, 1.82) is 0 Å². The molecule has 0 saturated heterocycles. The Morgan fingerprint density at radius 1 is 0.864 bits per heavy atom. The van der Waals surface area contributed by atoms with Crippen LogP contribution in [0.5, 0.6) is 0 Å². The molecule has 0 aliphatic heterocycles. The fourth-order valence-electron chi connectivity index (χ4n) is 5.35. The molecule has 3 fully saturated rings. The minimum Gasteiger partial charge on any atom is -0.352 e. The van der Waals surface area contributed by atoms with Gasteiger partial charge in [-0.25, -0.2) is 0 Å². The van der Waals surface area contributed by atoms with Gasteiger partial charge in [-0.2, -0.15) is 0 Å². The Balaban J connectivity index is 1.51. The summed E-state index contributed by atoms with van der Waals surface area (Å²) in [4.78, 5) is 22.7. The first-order valence-corrected chi connectivity index (χ1v) is 8.43. The second-order valence-electron chi connectivity index (χ2n) is 7.22. The number of carbonyl (C=O) groups is 2. The third kappa shape index (κ3) is 2.83. The minimum absolute atomic E-state index is 0.0595. The minimum atomic E-state index is -0.0648. The first kappa shape index (κ1) is 15.3. The van der Waals surface area contributed by atoms with Crippen molar-refractivity contribution in [3.63, 3.8) is 0 Å². The number of amides is 2. The molecule has 3 rings (SSSR count). The van der Waals surface area contributed by atoms with E-state index in [9.17, 15) is 9.59 Å². The number of hydrogen-bond donors (Lipinski definition) is 2. The van der Waals surface area contributed by atoms with Gasteiger partial charge in [-0.1, -0.05) is 13.2 Å². The number of nitrogens with one attached hydrogen (secondary N) is 2. The van der Waals surface area contributed by atoms with Crippen molar-refractivity contribution in [2.24, 2.45) is 35.5 Å². The van der Waals surface area contributed by atoms with Crippen LogP contribution in [0.1, 0.15) is 25.7 Å². The van der Waals surface area contributed by atoms with Gasteiger partial charge in [-0.3, -0.25) is 9.59 Å². The van der Waals surface area contributed by atoms with Gasteiger partial charge in [-0.05, 0) is 73.3 Å². The summed E-state index contributed by atoms with van der Waals surface area (Å²) < 4.78 is 0. The highest BCUT2D eigenvalue weighted by molar-refractivity contribution is 5.87. The van der Waals surface area contributed by atoms with Gasteiger partial charge in [0.15, 0.2) is 0 Å². The summed E-state index contributed by atoms with van der Waals surface area (Å²) in [6.45, 7) is 8.59. The van der Waals surface area contributed by atoms with Crippen LogP contribution in [0.25, 0.3) is 0 Å². The topological polar surface area (TPSA) is 58.2 Å². The Kier molecular flexibility index (Phi) is 4.37. The van der Waals surface area contributed by atoms with Crippen LogP contribution in [0.2, 0.25) is 0 Å². The molecule has 0 unspecified atom stereocenters. The van der Waals surface area contributed by atoms with E-state index in [4.69, 9.17) is 0 Å². The Bertz CT molecular complexity index is 487. The normalized spacial score (nSPS) is 38.4. The Hall–Kier alpha value is -1.58. The fraction of sp³-hybridized carbons (Fsp3) is 0.667. The van der Waals surface area contributed by atoms with Gasteiger partial charge < -0.3 is 10.6 Å². The molecule has 120 valence electrons. The van der Waals surface area contributed by atoms with Gasteiger partial charge in [0.1, 0.15) is 0 Å². The van der Waals surface area contributed by atoms with E-state index in [0.717, 1.165) is 36.8 Å². The molecule has 0 aromatic heterocycles. The number of carbonyl (C=O) groups excluding carboxylic acids is 2. The van der Waals surface area contributed by atoms with Crippen molar-refractivity contribution in [2.45, 2.75) is 25.7 Å². The molecule has 0 heterocycles. The molecule has 2 bridgehead atoms. The van der Waals surface area contributed by atoms with Gasteiger partial charge in [0.25, 0.3) is 0 Å². The van der Waals surface area contributed by atoms with Crippen molar-refractivity contribution in [3.8, 4) is 0 Å². The maximum atomic E-state index is 11.4. The van der Waals surface area contributed by atoms with Crippen LogP contribution in [0.15, 0.2) is 25.3 Å². The quantitative estimate of drug-likeness (QED) is 0.736. The summed E-state index contributed by atoms with van der Waals surface area (Å²) in [5.41, 5.74) is 0. The van der Waals surface area contributed by atoms with E-state index in [1.165, 1.54) is 37.8 Å². The highest BCUT2D eigenvalue weighted by Crippen LogP contribution is 2.61. The monoisotopic (exact) mass is 302 g/mol. The molecule has 4 heteroatoms. The lowest BCUT2D eigenvalue weighted by atomic mass is 9.76. The van der Waals surface area contributed by atoms with E-state index in [-0.39, 0.29) is 11.8 Å². The molecule has 22 heavy (non-hydrogen) atoms. The van der Waals surface area contributed by atoms with Crippen molar-refractivity contribution < 1.29 is 9.59 Å². The molecule has 0 aromatic rings. The lowest BCUT2D eigenvalue weighted by Gasteiger charge is -2.31. The van der Waals surface area contributed by atoms with Crippen LogP contribution in [0.4, 0.5) is 0 Å². The fourth-order valence-corrected chi connectivity index (χ4v) is 5.35. The van der Waals surface area contributed by atoms with Crippen LogP contribution in [-0.2, 0) is 9.59 Å². The standard InChI is InChI=1S/C18H26N2O2/c1-3-17(21)19-9-11-5-14-12-7-13(10-20-18(22)4-2)15(8-12)16(14)6-11/h3-4,11-16H,1-2,5-10H2,(H,19,21)(H,20,22)/t11-,12+,13+,14-,15-,16+/m1/s1. The summed E-state index contributed by atoms with van der Waals surface area (Å²) in [6.07, 6.45) is 7.79. The third-order valence-corrected chi connectivity index (χ3v) is 6.18. The van der Waals surface area contributed by atoms with E-state index >= 15 is 0 Å². The molecular formula is C18H26N2O2. The van der Waals surface area contributed by atoms with Crippen LogP contribution in [0, 0.1) is 35.5 Å². The van der Waals surface area contributed by atoms with Gasteiger partial charge >= 0.3 is 0 Å². The van der Waals surface area contributed by atoms with E-state index in [2.05, 4.69) is 23.8 Å². The summed E-state index contributed by atoms with van der Waals surface area (Å²) in [6, 6.07) is 0. The van der Waals surface area contributed by atoms with E-state index in [1.807, 2.05) is 0 Å². The zero-order valence-corrected chi connectivity index (χ0v) is 13.1. The largest absolute Gasteiger partial charge is 0.352 e. The van der Waals surface area contributed by atoms with Crippen molar-refractivity contribution in [1.82, 2.24) is 10.6 Å². The molecule has 2 N–H and O–H groups in total. The second kappa shape index (κ2) is 6.27. The van der Waals surface area contributed by atoms with Crippen molar-refractivity contribution >= 4 is 11.8 Å². The van der Waals surface area contributed by atoms with Crippen LogP contribution in [0.3, 0.4) is 0 Å². The smallest absolute Gasteiger partial charge is 0.243 e. The zero-order valence-electron chi connectivity index (χ0n) is 13.1. The average molecular weight is 302 g/mol. The molecule has 3 saturated carbocycles. The Labute approximate surface area is 132 Å². The maximum Gasteiger partial charge on any atom is 0.243 e. The summed E-state index contributed by atoms with van der Waals surface area (Å²) in [7, 11) is 0. The molecule has 2 amide bonds. The first-order chi connectivity index (χ1) is 10.6. The molecule has 3 aliphatic carbocycles. The van der Waals surface area contributed by atoms with Gasteiger partial charge in [0.2, 0.25) is 11.8 Å². The molecule has 4 nitrogen and oxygen atoms in total. The molecule has 0 radical (unpaired) electrons. The van der Waals surface area contributed by atoms with Crippen molar-refractivity contribution in [2.75, 3.05) is 13.1 Å². The van der Waals surface area contributed by atoms with Gasteiger partial charge in [-0.15, -0.1) is 0 Å². The summed E-state index contributed by atoms with van der Waals surface area (Å²) in [5, 5.41) is 5.92. The second-order valence-corrected chi connectivity index (χ2v) is 7.22. The SMILES string of the molecule is C=CC(=O)NC[C@H]1C[C@H]2[C@H](C1)[C@H]1C[C@@H](CNC(=O)C=C)[C@H]2C1. The maximum absolute atomic E-state index is 11.4. The van der Waals surface area contributed by atoms with Crippen LogP contribution in [-0.4, -0.2) is 24.9 Å². The van der Waals surface area contributed by atoms with Crippen molar-refractivity contribution in [3.05, 3.63) is 25.3 Å². The first-order valence-electron chi connectivity index (χ1n) is 8.43. The highest BCUT2D eigenvalue weighted by atomic mass is 16.2. The van der Waals surface area contributed by atoms with Crippen LogP contribution < -0.4 is 10.6 Å². The molecule has 3 aliphatic rings. The lowest BCUT2D eigenvalue weighted by molar-refractivity contribution is -0.117. The Morgan fingerprint density at radius 3 is 2.18 bits per heavy atom. The number of fused-ring (bicyclic) bond motifs is 5. The van der Waals surface area contributed by atoms with E-state index < -0.39 is 0 Å².